The Morgan fingerprint density at radius 2 is 1.82 bits per heavy atom. The van der Waals surface area contributed by atoms with Crippen LogP contribution < -0.4 is 0 Å². The topological polar surface area (TPSA) is 40.6 Å². The van der Waals surface area contributed by atoms with E-state index in [1.807, 2.05) is 31.2 Å². The number of hydrogen-bond donors (Lipinski definition) is 0. The van der Waals surface area contributed by atoms with E-state index in [-0.39, 0.29) is 54.6 Å². The molecule has 2 saturated heterocycles. The molecule has 0 aromatic heterocycles. The number of rotatable bonds is 3. The molecule has 3 aliphatic rings. The smallest absolute Gasteiger partial charge is 0.274 e. The van der Waals surface area contributed by atoms with Crippen molar-refractivity contribution >= 4 is 23.4 Å². The van der Waals surface area contributed by atoms with Gasteiger partial charge in [0.15, 0.2) is 0 Å². The van der Waals surface area contributed by atoms with E-state index < -0.39 is 17.9 Å². The SMILES string of the molecule is C=CC(=O)N1CC2(C[C@@H](C)N(C(=O)[C@H]3CCC(C)(C)C[C@@H]3c3ccccc3Cl)CC2(F)F)C1. The van der Waals surface area contributed by atoms with Crippen LogP contribution in [0.3, 0.4) is 0 Å². The summed E-state index contributed by atoms with van der Waals surface area (Å²) in [6.07, 6.45) is 3.65. The number of carbonyl (C=O) groups excluding carboxylic acids is 2. The second kappa shape index (κ2) is 8.37. The van der Waals surface area contributed by atoms with Crippen LogP contribution in [0.15, 0.2) is 36.9 Å². The summed E-state index contributed by atoms with van der Waals surface area (Å²) in [6.45, 7) is 9.09. The first-order chi connectivity index (χ1) is 15.4. The minimum absolute atomic E-state index is 0.0110. The number of benzene rings is 1. The van der Waals surface area contributed by atoms with Crippen LogP contribution in [0, 0.1) is 16.7 Å². The van der Waals surface area contributed by atoms with Crippen molar-refractivity contribution in [2.24, 2.45) is 16.7 Å². The summed E-state index contributed by atoms with van der Waals surface area (Å²) in [5.74, 6) is -4.05. The molecule has 4 rings (SSSR count). The molecule has 2 aliphatic heterocycles. The minimum atomic E-state index is -3.05. The van der Waals surface area contributed by atoms with E-state index in [4.69, 9.17) is 11.6 Å². The van der Waals surface area contributed by atoms with Gasteiger partial charge in [-0.15, -0.1) is 0 Å². The van der Waals surface area contributed by atoms with E-state index in [0.717, 1.165) is 24.5 Å². The highest BCUT2D eigenvalue weighted by Gasteiger charge is 2.65. The second-order valence-corrected chi connectivity index (χ2v) is 11.5. The number of halogens is 3. The van der Waals surface area contributed by atoms with Gasteiger partial charge in [-0.25, -0.2) is 8.78 Å². The number of amides is 2. The van der Waals surface area contributed by atoms with Crippen molar-refractivity contribution in [1.29, 1.82) is 0 Å². The maximum Gasteiger partial charge on any atom is 0.274 e. The van der Waals surface area contributed by atoms with Gasteiger partial charge in [-0.2, -0.15) is 0 Å². The maximum absolute atomic E-state index is 15.4. The standard InChI is InChI=1S/C26H33ClF2N2O2/c1-5-22(32)30-14-25(15-30)12-17(2)31(16-26(25,28)29)23(33)19-10-11-24(3,4)13-20(19)18-8-6-7-9-21(18)27/h5-9,17,19-20H,1,10-16H2,2-4H3/t17-,19+,20-/m1/s1. The molecule has 7 heteroatoms. The van der Waals surface area contributed by atoms with E-state index >= 15 is 8.78 Å². The summed E-state index contributed by atoms with van der Waals surface area (Å²) in [5.41, 5.74) is -0.288. The van der Waals surface area contributed by atoms with Crippen LogP contribution in [0.1, 0.15) is 57.9 Å². The van der Waals surface area contributed by atoms with E-state index in [1.54, 1.807) is 0 Å². The molecule has 3 fully saturated rings. The molecular weight excluding hydrogens is 446 g/mol. The van der Waals surface area contributed by atoms with Crippen LogP contribution in [0.4, 0.5) is 8.78 Å². The van der Waals surface area contributed by atoms with Gasteiger partial charge in [-0.05, 0) is 61.6 Å². The van der Waals surface area contributed by atoms with Crippen molar-refractivity contribution in [2.45, 2.75) is 64.3 Å². The molecule has 0 unspecified atom stereocenters. The van der Waals surface area contributed by atoms with Crippen molar-refractivity contribution in [3.05, 3.63) is 47.5 Å². The minimum Gasteiger partial charge on any atom is -0.337 e. The third-order valence-corrected chi connectivity index (χ3v) is 8.48. The lowest BCUT2D eigenvalue weighted by Gasteiger charge is -2.59. The number of hydrogen-bond acceptors (Lipinski definition) is 2. The predicted octanol–water partition coefficient (Wildman–Crippen LogP) is 5.52. The lowest BCUT2D eigenvalue weighted by Crippen LogP contribution is -2.73. The average Bonchev–Trinajstić information content (AvgIpc) is 2.72. The van der Waals surface area contributed by atoms with Crippen molar-refractivity contribution in [2.75, 3.05) is 19.6 Å². The monoisotopic (exact) mass is 478 g/mol. The van der Waals surface area contributed by atoms with Crippen LogP contribution >= 0.6 is 11.6 Å². The summed E-state index contributed by atoms with van der Waals surface area (Å²) in [7, 11) is 0. The van der Waals surface area contributed by atoms with Gasteiger partial charge in [0, 0.05) is 30.1 Å². The number of carbonyl (C=O) groups is 2. The quantitative estimate of drug-likeness (QED) is 0.536. The zero-order valence-electron chi connectivity index (χ0n) is 19.6. The normalized spacial score (nSPS) is 29.9. The van der Waals surface area contributed by atoms with E-state index in [9.17, 15) is 9.59 Å². The van der Waals surface area contributed by atoms with Gasteiger partial charge < -0.3 is 9.80 Å². The molecule has 1 aromatic rings. The van der Waals surface area contributed by atoms with Gasteiger partial charge in [0.05, 0.1) is 12.0 Å². The molecule has 0 radical (unpaired) electrons. The summed E-state index contributed by atoms with van der Waals surface area (Å²) in [4.78, 5) is 28.4. The van der Waals surface area contributed by atoms with E-state index in [1.165, 1.54) is 9.80 Å². The van der Waals surface area contributed by atoms with Gasteiger partial charge in [0.1, 0.15) is 0 Å². The van der Waals surface area contributed by atoms with Crippen LogP contribution in [-0.4, -0.2) is 53.2 Å². The fraction of sp³-hybridized carbons (Fsp3) is 0.615. The molecular formula is C26H33ClF2N2O2. The van der Waals surface area contributed by atoms with Gasteiger partial charge in [0.25, 0.3) is 5.92 Å². The van der Waals surface area contributed by atoms with Crippen molar-refractivity contribution < 1.29 is 18.4 Å². The molecule has 180 valence electrons. The Balaban J connectivity index is 1.56. The number of piperidine rings is 1. The molecule has 1 aliphatic carbocycles. The molecule has 2 heterocycles. The molecule has 0 bridgehead atoms. The second-order valence-electron chi connectivity index (χ2n) is 11.0. The fourth-order valence-corrected chi connectivity index (χ4v) is 6.46. The molecule has 0 N–H and O–H groups in total. The Bertz CT molecular complexity index is 957. The highest BCUT2D eigenvalue weighted by molar-refractivity contribution is 6.31. The van der Waals surface area contributed by atoms with Crippen LogP contribution in [-0.2, 0) is 9.59 Å². The first kappa shape index (κ1) is 24.2. The van der Waals surface area contributed by atoms with Crippen LogP contribution in [0.25, 0.3) is 0 Å². The largest absolute Gasteiger partial charge is 0.337 e. The summed E-state index contributed by atoms with van der Waals surface area (Å²) in [5, 5.41) is 0.621. The number of alkyl halides is 2. The third-order valence-electron chi connectivity index (χ3n) is 8.13. The molecule has 4 nitrogen and oxygen atoms in total. The predicted molar refractivity (Wildman–Crippen MR) is 125 cm³/mol. The van der Waals surface area contributed by atoms with Gasteiger partial charge in [-0.3, -0.25) is 9.59 Å². The molecule has 3 atom stereocenters. The zero-order chi connectivity index (χ0) is 24.2. The first-order valence-corrected chi connectivity index (χ1v) is 12.1. The first-order valence-electron chi connectivity index (χ1n) is 11.7. The fourth-order valence-electron chi connectivity index (χ4n) is 6.19. The van der Waals surface area contributed by atoms with Crippen molar-refractivity contribution in [3.8, 4) is 0 Å². The molecule has 33 heavy (non-hydrogen) atoms. The Kier molecular flexibility index (Phi) is 6.13. The Morgan fingerprint density at radius 1 is 1.15 bits per heavy atom. The maximum atomic E-state index is 15.4. The van der Waals surface area contributed by atoms with E-state index in [0.29, 0.717) is 11.4 Å². The summed E-state index contributed by atoms with van der Waals surface area (Å²) in [6, 6.07) is 7.24. The van der Waals surface area contributed by atoms with Gasteiger partial charge >= 0.3 is 0 Å². The lowest BCUT2D eigenvalue weighted by molar-refractivity contribution is -0.232. The molecule has 1 saturated carbocycles. The Hall–Kier alpha value is -1.95. The number of nitrogens with zero attached hydrogens (tertiary/aromatic N) is 2. The molecule has 1 spiro atoms. The average molecular weight is 479 g/mol. The van der Waals surface area contributed by atoms with E-state index in [2.05, 4.69) is 20.4 Å². The Morgan fingerprint density at radius 3 is 2.45 bits per heavy atom. The molecule has 1 aromatic carbocycles. The third kappa shape index (κ3) is 4.20. The zero-order valence-corrected chi connectivity index (χ0v) is 20.4. The molecule has 2 amide bonds. The van der Waals surface area contributed by atoms with Crippen molar-refractivity contribution in [3.63, 3.8) is 0 Å². The number of likely N-dealkylation sites (tertiary alicyclic amines) is 2. The highest BCUT2D eigenvalue weighted by atomic mass is 35.5. The van der Waals surface area contributed by atoms with Gasteiger partial charge in [-0.1, -0.05) is 50.2 Å². The lowest BCUT2D eigenvalue weighted by atomic mass is 9.63. The van der Waals surface area contributed by atoms with Crippen LogP contribution in [0.2, 0.25) is 5.02 Å². The highest BCUT2D eigenvalue weighted by Crippen LogP contribution is 2.54. The Labute approximate surface area is 200 Å². The van der Waals surface area contributed by atoms with Crippen molar-refractivity contribution in [1.82, 2.24) is 9.80 Å². The van der Waals surface area contributed by atoms with Crippen LogP contribution in [0.5, 0.6) is 0 Å². The summed E-state index contributed by atoms with van der Waals surface area (Å²) >= 11 is 6.51. The summed E-state index contributed by atoms with van der Waals surface area (Å²) < 4.78 is 30.8. The van der Waals surface area contributed by atoms with Gasteiger partial charge in [0.2, 0.25) is 11.8 Å².